The molecule has 1 aliphatic rings. The fourth-order valence-corrected chi connectivity index (χ4v) is 2.48. The Bertz CT molecular complexity index is 418. The van der Waals surface area contributed by atoms with Gasteiger partial charge in [-0.3, -0.25) is 0 Å². The first-order valence-electron chi connectivity index (χ1n) is 6.51. The molecule has 3 N–H and O–H groups in total. The Morgan fingerprint density at radius 2 is 2.22 bits per heavy atom. The maximum atomic E-state index is 10.1. The van der Waals surface area contributed by atoms with Crippen molar-refractivity contribution in [2.24, 2.45) is 0 Å². The molecule has 2 rings (SSSR count). The van der Waals surface area contributed by atoms with Gasteiger partial charge in [0.05, 0.1) is 12.2 Å². The zero-order valence-electron chi connectivity index (χ0n) is 11.1. The first-order chi connectivity index (χ1) is 8.50. The van der Waals surface area contributed by atoms with Gasteiger partial charge in [-0.15, -0.1) is 0 Å². The van der Waals surface area contributed by atoms with Crippen molar-refractivity contribution in [3.63, 3.8) is 0 Å². The van der Waals surface area contributed by atoms with Crippen LogP contribution < -0.4 is 15.4 Å². The molecular weight excluding hydrogens is 228 g/mol. The number of hydrogen-bond acceptors (Lipinski definition) is 4. The number of anilines is 2. The highest BCUT2D eigenvalue weighted by Crippen LogP contribution is 2.30. The number of nitrogens with zero attached hydrogens (tertiary/aromatic N) is 1. The van der Waals surface area contributed by atoms with Crippen LogP contribution in [0.5, 0.6) is 5.75 Å². The van der Waals surface area contributed by atoms with E-state index in [4.69, 9.17) is 10.5 Å². The van der Waals surface area contributed by atoms with Gasteiger partial charge in [0, 0.05) is 36.6 Å². The average Bonchev–Trinajstić information content (AvgIpc) is 2.27. The molecule has 0 radical (unpaired) electrons. The van der Waals surface area contributed by atoms with Crippen molar-refractivity contribution in [2.45, 2.75) is 32.3 Å². The van der Waals surface area contributed by atoms with Crippen LogP contribution in [0.1, 0.15) is 26.7 Å². The second-order valence-corrected chi connectivity index (χ2v) is 5.22. The Balaban J connectivity index is 2.21. The predicted octanol–water partition coefficient (Wildman–Crippen LogP) is 2.02. The minimum absolute atomic E-state index is 0.616. The average molecular weight is 250 g/mol. The number of hydrogen-bond donors (Lipinski definition) is 2. The Morgan fingerprint density at radius 1 is 1.44 bits per heavy atom. The van der Waals surface area contributed by atoms with Crippen LogP contribution >= 0.6 is 0 Å². The maximum Gasteiger partial charge on any atom is 0.123 e. The highest BCUT2D eigenvalue weighted by atomic mass is 16.5. The molecule has 0 saturated carbocycles. The summed E-state index contributed by atoms with van der Waals surface area (Å²) in [6.07, 6.45) is 1.84. The van der Waals surface area contributed by atoms with Crippen LogP contribution in [0, 0.1) is 0 Å². The van der Waals surface area contributed by atoms with Crippen molar-refractivity contribution in [2.75, 3.05) is 30.3 Å². The van der Waals surface area contributed by atoms with Gasteiger partial charge in [-0.25, -0.2) is 0 Å². The van der Waals surface area contributed by atoms with Gasteiger partial charge in [0.15, 0.2) is 0 Å². The fourth-order valence-electron chi connectivity index (χ4n) is 2.48. The number of piperidine rings is 1. The van der Waals surface area contributed by atoms with Crippen LogP contribution in [0.25, 0.3) is 0 Å². The van der Waals surface area contributed by atoms with E-state index in [0.29, 0.717) is 18.8 Å². The predicted molar refractivity (Wildman–Crippen MR) is 74.1 cm³/mol. The number of ether oxygens (including phenoxy) is 1. The van der Waals surface area contributed by atoms with E-state index in [2.05, 4.69) is 4.90 Å². The van der Waals surface area contributed by atoms with E-state index < -0.39 is 5.60 Å². The van der Waals surface area contributed by atoms with Crippen molar-refractivity contribution in [3.05, 3.63) is 18.2 Å². The van der Waals surface area contributed by atoms with Crippen molar-refractivity contribution in [3.8, 4) is 5.75 Å². The summed E-state index contributed by atoms with van der Waals surface area (Å²) in [5.74, 6) is 0.790. The maximum absolute atomic E-state index is 10.1. The van der Waals surface area contributed by atoms with Crippen molar-refractivity contribution < 1.29 is 9.84 Å². The summed E-state index contributed by atoms with van der Waals surface area (Å²) in [5.41, 5.74) is 7.00. The number of benzene rings is 1. The molecule has 1 aromatic carbocycles. The van der Waals surface area contributed by atoms with E-state index in [9.17, 15) is 5.11 Å². The number of nitrogens with two attached hydrogens (primary N) is 1. The number of rotatable bonds is 3. The van der Waals surface area contributed by atoms with Gasteiger partial charge >= 0.3 is 0 Å². The molecule has 0 aliphatic carbocycles. The normalized spacial score (nSPS) is 24.1. The summed E-state index contributed by atoms with van der Waals surface area (Å²) in [5, 5.41) is 10.1. The number of aliphatic hydroxyl groups is 1. The van der Waals surface area contributed by atoms with Gasteiger partial charge in [0.2, 0.25) is 0 Å². The van der Waals surface area contributed by atoms with Gasteiger partial charge in [-0.05, 0) is 32.8 Å². The molecule has 1 saturated heterocycles. The summed E-state index contributed by atoms with van der Waals surface area (Å²) in [4.78, 5) is 2.17. The van der Waals surface area contributed by atoms with Crippen molar-refractivity contribution in [1.29, 1.82) is 0 Å². The number of nitrogen functional groups attached to an aromatic ring is 1. The lowest BCUT2D eigenvalue weighted by molar-refractivity contribution is 0.0449. The molecule has 100 valence electrons. The lowest BCUT2D eigenvalue weighted by atomic mass is 9.95. The largest absolute Gasteiger partial charge is 0.494 e. The lowest BCUT2D eigenvalue weighted by Crippen LogP contribution is -2.46. The molecule has 1 heterocycles. The van der Waals surface area contributed by atoms with Crippen LogP contribution in [0.15, 0.2) is 18.2 Å². The van der Waals surface area contributed by atoms with Crippen LogP contribution in [0.4, 0.5) is 11.4 Å². The van der Waals surface area contributed by atoms with E-state index in [1.165, 1.54) is 0 Å². The second kappa shape index (κ2) is 5.06. The lowest BCUT2D eigenvalue weighted by Gasteiger charge is -2.38. The molecule has 0 amide bonds. The topological polar surface area (TPSA) is 58.7 Å². The quantitative estimate of drug-likeness (QED) is 0.806. The van der Waals surface area contributed by atoms with Crippen LogP contribution in [0.2, 0.25) is 0 Å². The van der Waals surface area contributed by atoms with E-state index in [1.807, 2.05) is 32.0 Å². The van der Waals surface area contributed by atoms with E-state index in [1.54, 1.807) is 0 Å². The van der Waals surface area contributed by atoms with Gasteiger partial charge in [-0.2, -0.15) is 0 Å². The van der Waals surface area contributed by atoms with Gasteiger partial charge in [-0.1, -0.05) is 0 Å². The van der Waals surface area contributed by atoms with Crippen LogP contribution in [-0.2, 0) is 0 Å². The Morgan fingerprint density at radius 3 is 2.89 bits per heavy atom. The highest BCUT2D eigenvalue weighted by molar-refractivity contribution is 5.61. The minimum Gasteiger partial charge on any atom is -0.494 e. The van der Waals surface area contributed by atoms with Crippen molar-refractivity contribution >= 4 is 11.4 Å². The van der Waals surface area contributed by atoms with Gasteiger partial charge in [0.25, 0.3) is 0 Å². The third-order valence-electron chi connectivity index (χ3n) is 3.26. The third-order valence-corrected chi connectivity index (χ3v) is 3.26. The summed E-state index contributed by atoms with van der Waals surface area (Å²) >= 11 is 0. The monoisotopic (exact) mass is 250 g/mol. The Kier molecular flexibility index (Phi) is 3.66. The highest BCUT2D eigenvalue weighted by Gasteiger charge is 2.28. The molecular formula is C14H22N2O2. The molecule has 1 fully saturated rings. The summed E-state index contributed by atoms with van der Waals surface area (Å²) < 4.78 is 5.50. The Hall–Kier alpha value is -1.42. The van der Waals surface area contributed by atoms with Gasteiger partial charge in [0.1, 0.15) is 5.75 Å². The van der Waals surface area contributed by atoms with E-state index in [0.717, 1.165) is 30.8 Å². The molecule has 4 heteroatoms. The molecule has 1 aliphatic heterocycles. The SMILES string of the molecule is CCOc1cc(N)cc(N2CCCC(C)(O)C2)c1. The number of β-amino-alcohol motifs (C(OH)–C–C–N with tert-alkyl or cyclic N) is 1. The van der Waals surface area contributed by atoms with Crippen LogP contribution in [-0.4, -0.2) is 30.4 Å². The summed E-state index contributed by atoms with van der Waals surface area (Å²) in [6, 6.07) is 5.75. The summed E-state index contributed by atoms with van der Waals surface area (Å²) in [6.45, 7) is 6.05. The first-order valence-corrected chi connectivity index (χ1v) is 6.51. The molecule has 1 aromatic rings. The van der Waals surface area contributed by atoms with Crippen molar-refractivity contribution in [1.82, 2.24) is 0 Å². The molecule has 0 bridgehead atoms. The Labute approximate surface area is 108 Å². The first kappa shape index (κ1) is 13.0. The molecule has 1 atom stereocenters. The molecule has 18 heavy (non-hydrogen) atoms. The second-order valence-electron chi connectivity index (χ2n) is 5.22. The third kappa shape index (κ3) is 3.07. The smallest absolute Gasteiger partial charge is 0.123 e. The summed E-state index contributed by atoms with van der Waals surface area (Å²) in [7, 11) is 0. The van der Waals surface area contributed by atoms with Crippen LogP contribution in [0.3, 0.4) is 0 Å². The fraction of sp³-hybridized carbons (Fsp3) is 0.571. The van der Waals surface area contributed by atoms with E-state index >= 15 is 0 Å². The zero-order valence-corrected chi connectivity index (χ0v) is 11.1. The standard InChI is InChI=1S/C14H22N2O2/c1-3-18-13-8-11(15)7-12(9-13)16-6-4-5-14(2,17)10-16/h7-9,17H,3-6,10,15H2,1-2H3. The van der Waals surface area contributed by atoms with E-state index in [-0.39, 0.29) is 0 Å². The molecule has 0 spiro atoms. The van der Waals surface area contributed by atoms with Gasteiger partial charge < -0.3 is 20.5 Å². The minimum atomic E-state index is -0.616. The molecule has 0 aromatic heterocycles. The molecule has 1 unspecified atom stereocenters. The zero-order chi connectivity index (χ0) is 13.2. The molecule has 4 nitrogen and oxygen atoms in total.